The number of hydrogen-bond acceptors (Lipinski definition) is 5. The number of anilines is 1. The molecule has 9 heteroatoms. The molecule has 0 atom stereocenters. The van der Waals surface area contributed by atoms with Crippen LogP contribution in [0, 0.1) is 10.1 Å². The van der Waals surface area contributed by atoms with Crippen molar-refractivity contribution in [1.82, 2.24) is 0 Å². The lowest BCUT2D eigenvalue weighted by atomic mass is 10.1. The molecule has 2 aromatic rings. The van der Waals surface area contributed by atoms with Crippen molar-refractivity contribution in [1.29, 1.82) is 0 Å². The molecule has 2 N–H and O–H groups in total. The Morgan fingerprint density at radius 3 is 2.62 bits per heavy atom. The van der Waals surface area contributed by atoms with Gasteiger partial charge >= 0.3 is 6.18 Å². The van der Waals surface area contributed by atoms with E-state index in [1.807, 2.05) is 0 Å². The first-order valence-corrected chi connectivity index (χ1v) is 5.51. The number of aliphatic imine (C=N–C) groups is 1. The summed E-state index contributed by atoms with van der Waals surface area (Å²) in [5.41, 5.74) is 2.63. The van der Waals surface area contributed by atoms with Crippen molar-refractivity contribution in [2.75, 3.05) is 5.73 Å². The van der Waals surface area contributed by atoms with Gasteiger partial charge in [0.2, 0.25) is 0 Å². The molecule has 0 aliphatic rings. The first-order chi connectivity index (χ1) is 9.79. The molecular weight excluding hydrogens is 291 g/mol. The molecule has 0 amide bonds. The van der Waals surface area contributed by atoms with E-state index in [0.29, 0.717) is 12.1 Å². The summed E-state index contributed by atoms with van der Waals surface area (Å²) in [6.07, 6.45) is -2.28. The van der Waals surface area contributed by atoms with E-state index in [4.69, 9.17) is 10.2 Å². The summed E-state index contributed by atoms with van der Waals surface area (Å²) in [7, 11) is 0. The number of halogens is 3. The molecule has 0 unspecified atom stereocenters. The number of benzene rings is 1. The van der Waals surface area contributed by atoms with Gasteiger partial charge in [0.05, 0.1) is 28.7 Å². The number of nitrogens with zero attached hydrogens (tertiary/aromatic N) is 2. The lowest BCUT2D eigenvalue weighted by molar-refractivity contribution is -0.384. The quantitative estimate of drug-likeness (QED) is 0.406. The number of hydrogen-bond donors (Lipinski definition) is 1. The molecule has 0 bridgehead atoms. The lowest BCUT2D eigenvalue weighted by Gasteiger charge is -2.09. The summed E-state index contributed by atoms with van der Waals surface area (Å²) in [5.74, 6) is 0.273. The van der Waals surface area contributed by atoms with E-state index >= 15 is 0 Å². The van der Waals surface area contributed by atoms with Crippen molar-refractivity contribution in [2.45, 2.75) is 6.18 Å². The zero-order valence-corrected chi connectivity index (χ0v) is 10.3. The van der Waals surface area contributed by atoms with E-state index in [2.05, 4.69) is 4.99 Å². The molecule has 0 radical (unpaired) electrons. The van der Waals surface area contributed by atoms with E-state index in [0.717, 1.165) is 6.21 Å². The van der Waals surface area contributed by atoms with Gasteiger partial charge in [0.1, 0.15) is 11.4 Å². The Morgan fingerprint density at radius 2 is 2.10 bits per heavy atom. The van der Waals surface area contributed by atoms with E-state index in [-0.39, 0.29) is 11.4 Å². The first kappa shape index (κ1) is 14.6. The van der Waals surface area contributed by atoms with E-state index in [1.54, 1.807) is 6.07 Å². The van der Waals surface area contributed by atoms with Crippen molar-refractivity contribution in [3.8, 4) is 0 Å². The minimum absolute atomic E-state index is 0.273. The van der Waals surface area contributed by atoms with Gasteiger partial charge in [-0.15, -0.1) is 0 Å². The van der Waals surface area contributed by atoms with Crippen LogP contribution >= 0.6 is 0 Å². The predicted molar refractivity (Wildman–Crippen MR) is 68.5 cm³/mol. The fraction of sp³-hybridized carbons (Fsp3) is 0.0833. The molecule has 1 aromatic heterocycles. The molecule has 110 valence electrons. The Morgan fingerprint density at radius 1 is 1.38 bits per heavy atom. The van der Waals surface area contributed by atoms with Crippen LogP contribution in [0.3, 0.4) is 0 Å². The molecule has 2 rings (SSSR count). The third-order valence-corrected chi connectivity index (χ3v) is 2.53. The number of nitro benzene ring substituents is 1. The van der Waals surface area contributed by atoms with Crippen LogP contribution in [-0.4, -0.2) is 11.1 Å². The predicted octanol–water partition coefficient (Wildman–Crippen LogP) is 3.54. The Bertz CT molecular complexity index is 694. The molecule has 0 aliphatic carbocycles. The normalized spacial score (nSPS) is 12.0. The number of nitro groups is 1. The third kappa shape index (κ3) is 3.19. The maximum absolute atomic E-state index is 12.7. The topological polar surface area (TPSA) is 94.7 Å². The maximum Gasteiger partial charge on any atom is 0.416 e. The number of alkyl halides is 3. The SMILES string of the molecule is Nc1c(N=Cc2ccco2)cc(C(F)(F)F)cc1[N+](=O)[O-]. The monoisotopic (exact) mass is 299 g/mol. The van der Waals surface area contributed by atoms with Gasteiger partial charge in [-0.2, -0.15) is 13.2 Å². The average molecular weight is 299 g/mol. The Kier molecular flexibility index (Phi) is 3.66. The summed E-state index contributed by atoms with van der Waals surface area (Å²) < 4.78 is 43.1. The molecule has 0 saturated carbocycles. The van der Waals surface area contributed by atoms with Gasteiger partial charge in [0.25, 0.3) is 5.69 Å². The van der Waals surface area contributed by atoms with Crippen LogP contribution in [0.25, 0.3) is 0 Å². The third-order valence-electron chi connectivity index (χ3n) is 2.53. The van der Waals surface area contributed by atoms with Crippen molar-refractivity contribution in [2.24, 2.45) is 4.99 Å². The highest BCUT2D eigenvalue weighted by molar-refractivity contribution is 5.83. The van der Waals surface area contributed by atoms with Crippen LogP contribution in [0.1, 0.15) is 11.3 Å². The van der Waals surface area contributed by atoms with Gasteiger partial charge in [-0.1, -0.05) is 0 Å². The minimum Gasteiger partial charge on any atom is -0.463 e. The van der Waals surface area contributed by atoms with Gasteiger partial charge in [-0.25, -0.2) is 0 Å². The van der Waals surface area contributed by atoms with E-state index in [9.17, 15) is 23.3 Å². The van der Waals surface area contributed by atoms with E-state index in [1.165, 1.54) is 12.3 Å². The van der Waals surface area contributed by atoms with Crippen molar-refractivity contribution < 1.29 is 22.5 Å². The highest BCUT2D eigenvalue weighted by Crippen LogP contribution is 2.39. The zero-order valence-electron chi connectivity index (χ0n) is 10.3. The molecule has 0 saturated heterocycles. The standard InChI is InChI=1S/C12H8F3N3O3/c13-12(14,15)7-4-9(11(16)10(5-7)18(19)20)17-6-8-2-1-3-21-8/h1-6H,16H2. The van der Waals surface area contributed by atoms with Crippen molar-refractivity contribution in [3.05, 3.63) is 52.0 Å². The Labute approximate surface area is 115 Å². The second kappa shape index (κ2) is 5.27. The van der Waals surface area contributed by atoms with Gasteiger partial charge in [-0.3, -0.25) is 15.1 Å². The van der Waals surface area contributed by atoms with Crippen LogP contribution < -0.4 is 5.73 Å². The highest BCUT2D eigenvalue weighted by atomic mass is 19.4. The number of nitrogens with two attached hydrogens (primary N) is 1. The molecule has 6 nitrogen and oxygen atoms in total. The highest BCUT2D eigenvalue weighted by Gasteiger charge is 2.34. The summed E-state index contributed by atoms with van der Waals surface area (Å²) in [4.78, 5) is 13.5. The first-order valence-electron chi connectivity index (χ1n) is 5.51. The summed E-state index contributed by atoms with van der Waals surface area (Å²) >= 11 is 0. The molecule has 1 aromatic carbocycles. The number of nitrogen functional groups attached to an aromatic ring is 1. The summed E-state index contributed by atoms with van der Waals surface area (Å²) in [6.45, 7) is 0. The molecule has 0 aliphatic heterocycles. The fourth-order valence-electron chi connectivity index (χ4n) is 1.54. The Hall–Kier alpha value is -2.84. The summed E-state index contributed by atoms with van der Waals surface area (Å²) in [5, 5.41) is 10.8. The van der Waals surface area contributed by atoms with Gasteiger partial charge in [0, 0.05) is 6.07 Å². The van der Waals surface area contributed by atoms with Gasteiger partial charge < -0.3 is 10.2 Å². The number of rotatable bonds is 3. The smallest absolute Gasteiger partial charge is 0.416 e. The van der Waals surface area contributed by atoms with Gasteiger partial charge in [0.15, 0.2) is 0 Å². The second-order valence-corrected chi connectivity index (χ2v) is 3.96. The van der Waals surface area contributed by atoms with Crippen LogP contribution in [0.2, 0.25) is 0 Å². The van der Waals surface area contributed by atoms with Crippen molar-refractivity contribution in [3.63, 3.8) is 0 Å². The largest absolute Gasteiger partial charge is 0.463 e. The molecular formula is C12H8F3N3O3. The fourth-order valence-corrected chi connectivity index (χ4v) is 1.54. The van der Waals surface area contributed by atoms with Crippen LogP contribution in [0.15, 0.2) is 39.9 Å². The molecule has 21 heavy (non-hydrogen) atoms. The van der Waals surface area contributed by atoms with Crippen LogP contribution in [0.5, 0.6) is 0 Å². The molecule has 0 spiro atoms. The van der Waals surface area contributed by atoms with E-state index < -0.39 is 28.0 Å². The maximum atomic E-state index is 12.7. The van der Waals surface area contributed by atoms with Crippen molar-refractivity contribution >= 4 is 23.3 Å². The second-order valence-electron chi connectivity index (χ2n) is 3.96. The molecule has 1 heterocycles. The average Bonchev–Trinajstić information content (AvgIpc) is 2.88. The number of furan rings is 1. The summed E-state index contributed by atoms with van der Waals surface area (Å²) in [6, 6.07) is 4.09. The van der Waals surface area contributed by atoms with Crippen LogP contribution in [-0.2, 0) is 6.18 Å². The molecule has 0 fully saturated rings. The Balaban J connectivity index is 2.53. The van der Waals surface area contributed by atoms with Crippen LogP contribution in [0.4, 0.5) is 30.2 Å². The zero-order chi connectivity index (χ0) is 15.6. The van der Waals surface area contributed by atoms with Gasteiger partial charge in [-0.05, 0) is 18.2 Å². The minimum atomic E-state index is -4.74. The lowest BCUT2D eigenvalue weighted by Crippen LogP contribution is -2.07.